The molecule has 0 bridgehead atoms. The fourth-order valence-electron chi connectivity index (χ4n) is 3.95. The summed E-state index contributed by atoms with van der Waals surface area (Å²) in [5.41, 5.74) is 1.73. The highest BCUT2D eigenvalue weighted by atomic mass is 32.2. The van der Waals surface area contributed by atoms with Crippen molar-refractivity contribution in [3.63, 3.8) is 0 Å². The summed E-state index contributed by atoms with van der Waals surface area (Å²) in [6.07, 6.45) is 9.19. The summed E-state index contributed by atoms with van der Waals surface area (Å²) >= 11 is 0. The number of nitrogens with one attached hydrogen (secondary N) is 2. The normalized spacial score (nSPS) is 18.6. The summed E-state index contributed by atoms with van der Waals surface area (Å²) in [5, 5.41) is 2.88. The van der Waals surface area contributed by atoms with Crippen LogP contribution in [-0.2, 0) is 16.4 Å². The van der Waals surface area contributed by atoms with Crippen LogP contribution < -0.4 is 14.9 Å². The molecule has 3 rings (SSSR count). The number of carbonyl (C=O) groups is 1. The molecule has 0 spiro atoms. The average Bonchev–Trinajstić information content (AvgIpc) is 3.05. The van der Waals surface area contributed by atoms with Gasteiger partial charge in [-0.05, 0) is 49.4 Å². The van der Waals surface area contributed by atoms with Crippen LogP contribution >= 0.6 is 0 Å². The van der Waals surface area contributed by atoms with Gasteiger partial charge in [-0.25, -0.2) is 17.9 Å². The van der Waals surface area contributed by atoms with E-state index in [1.54, 1.807) is 23.1 Å². The molecule has 1 aliphatic heterocycles. The Balaban J connectivity index is 1.71. The Labute approximate surface area is 162 Å². The van der Waals surface area contributed by atoms with Crippen molar-refractivity contribution in [2.24, 2.45) is 0 Å². The van der Waals surface area contributed by atoms with Crippen LogP contribution in [0.3, 0.4) is 0 Å². The number of carbonyl (C=O) groups excluding carboxylic acids is 1. The van der Waals surface area contributed by atoms with Crippen molar-refractivity contribution in [1.82, 2.24) is 10.0 Å². The maximum atomic E-state index is 12.9. The van der Waals surface area contributed by atoms with Gasteiger partial charge >= 0.3 is 6.03 Å². The lowest BCUT2D eigenvalue weighted by molar-refractivity contribution is 0.247. The number of benzene rings is 1. The van der Waals surface area contributed by atoms with E-state index in [0.29, 0.717) is 24.4 Å². The first-order chi connectivity index (χ1) is 13.0. The molecule has 1 aliphatic carbocycles. The molecule has 0 saturated heterocycles. The second-order valence-electron chi connectivity index (χ2n) is 7.59. The Bertz CT molecular complexity index is 756. The predicted octanol–water partition coefficient (Wildman–Crippen LogP) is 3.56. The maximum absolute atomic E-state index is 12.9. The van der Waals surface area contributed by atoms with Crippen molar-refractivity contribution in [1.29, 1.82) is 0 Å². The van der Waals surface area contributed by atoms with Crippen LogP contribution in [0, 0.1) is 0 Å². The van der Waals surface area contributed by atoms with Crippen LogP contribution in [0.2, 0.25) is 0 Å². The highest BCUT2D eigenvalue weighted by Gasteiger charge is 2.27. The van der Waals surface area contributed by atoms with E-state index >= 15 is 0 Å². The average molecular weight is 394 g/mol. The lowest BCUT2D eigenvalue weighted by Gasteiger charge is -2.21. The predicted molar refractivity (Wildman–Crippen MR) is 108 cm³/mol. The van der Waals surface area contributed by atoms with Gasteiger partial charge in [-0.15, -0.1) is 0 Å². The van der Waals surface area contributed by atoms with E-state index < -0.39 is 10.0 Å². The molecule has 2 aliphatic rings. The molecule has 6 nitrogen and oxygen atoms in total. The zero-order chi connectivity index (χ0) is 19.3. The van der Waals surface area contributed by atoms with Gasteiger partial charge in [-0.1, -0.05) is 39.0 Å². The van der Waals surface area contributed by atoms with Crippen molar-refractivity contribution < 1.29 is 13.2 Å². The lowest BCUT2D eigenvalue weighted by Crippen LogP contribution is -2.39. The number of sulfonamides is 1. The van der Waals surface area contributed by atoms with Crippen molar-refractivity contribution in [2.75, 3.05) is 18.0 Å². The minimum atomic E-state index is -3.53. The van der Waals surface area contributed by atoms with Crippen LogP contribution in [-0.4, -0.2) is 33.6 Å². The highest BCUT2D eigenvalue weighted by Crippen LogP contribution is 2.30. The molecule has 2 amide bonds. The first-order valence-electron chi connectivity index (χ1n) is 10.2. The molecule has 1 fully saturated rings. The van der Waals surface area contributed by atoms with Crippen molar-refractivity contribution >= 4 is 21.7 Å². The van der Waals surface area contributed by atoms with Crippen LogP contribution in [0.25, 0.3) is 0 Å². The van der Waals surface area contributed by atoms with Gasteiger partial charge in [0, 0.05) is 24.8 Å². The standard InChI is InChI=1S/C20H31N3O3S/c1-2-13-21-20(24)23-14-12-16-15-18(10-11-19(16)23)27(25,26)22-17-8-6-4-3-5-7-9-17/h10-11,15,17,22H,2-9,12-14H2,1H3,(H,21,24). The molecule has 7 heteroatoms. The minimum absolute atomic E-state index is 0.0277. The second-order valence-corrected chi connectivity index (χ2v) is 9.30. The van der Waals surface area contributed by atoms with Crippen LogP contribution in [0.15, 0.2) is 23.1 Å². The monoisotopic (exact) mass is 393 g/mol. The van der Waals surface area contributed by atoms with Gasteiger partial charge in [0.1, 0.15) is 0 Å². The smallest absolute Gasteiger partial charge is 0.321 e. The van der Waals surface area contributed by atoms with Gasteiger partial charge in [0.25, 0.3) is 0 Å². The summed E-state index contributed by atoms with van der Waals surface area (Å²) < 4.78 is 28.6. The van der Waals surface area contributed by atoms with Gasteiger partial charge in [0.05, 0.1) is 4.90 Å². The molecule has 1 heterocycles. The third kappa shape index (κ3) is 5.02. The molecule has 1 saturated carbocycles. The summed E-state index contributed by atoms with van der Waals surface area (Å²) in [4.78, 5) is 14.3. The Kier molecular flexibility index (Phi) is 6.76. The Morgan fingerprint density at radius 1 is 1.15 bits per heavy atom. The van der Waals surface area contributed by atoms with Gasteiger partial charge in [-0.3, -0.25) is 4.90 Å². The summed E-state index contributed by atoms with van der Waals surface area (Å²) in [7, 11) is -3.53. The number of amides is 2. The van der Waals surface area contributed by atoms with E-state index in [9.17, 15) is 13.2 Å². The largest absolute Gasteiger partial charge is 0.338 e. The third-order valence-electron chi connectivity index (χ3n) is 5.46. The number of anilines is 1. The SMILES string of the molecule is CCCNC(=O)N1CCc2cc(S(=O)(=O)NC3CCCCCCC3)ccc21. The van der Waals surface area contributed by atoms with Crippen LogP contribution in [0.5, 0.6) is 0 Å². The number of nitrogens with zero attached hydrogens (tertiary/aromatic N) is 1. The van der Waals surface area contributed by atoms with Crippen molar-refractivity contribution in [3.05, 3.63) is 23.8 Å². The van der Waals surface area contributed by atoms with E-state index in [2.05, 4.69) is 10.0 Å². The molecule has 2 N–H and O–H groups in total. The molecule has 27 heavy (non-hydrogen) atoms. The zero-order valence-electron chi connectivity index (χ0n) is 16.2. The quantitative estimate of drug-likeness (QED) is 0.803. The molecule has 150 valence electrons. The number of urea groups is 1. The fourth-order valence-corrected chi connectivity index (χ4v) is 5.30. The van der Waals surface area contributed by atoms with Crippen LogP contribution in [0.1, 0.15) is 63.9 Å². The molecule has 1 aromatic rings. The molecular weight excluding hydrogens is 362 g/mol. The molecule has 0 aromatic heterocycles. The number of hydrogen-bond donors (Lipinski definition) is 2. The van der Waals surface area contributed by atoms with E-state index in [1.165, 1.54) is 19.3 Å². The third-order valence-corrected chi connectivity index (χ3v) is 6.97. The molecular formula is C20H31N3O3S. The Morgan fingerprint density at radius 3 is 2.56 bits per heavy atom. The number of hydrogen-bond acceptors (Lipinski definition) is 3. The first kappa shape index (κ1) is 20.1. The number of fused-ring (bicyclic) bond motifs is 1. The number of rotatable bonds is 5. The minimum Gasteiger partial charge on any atom is -0.338 e. The van der Waals surface area contributed by atoms with Crippen LogP contribution in [0.4, 0.5) is 10.5 Å². The van der Waals surface area contributed by atoms with E-state index in [-0.39, 0.29) is 12.1 Å². The lowest BCUT2D eigenvalue weighted by atomic mass is 9.97. The maximum Gasteiger partial charge on any atom is 0.321 e. The van der Waals surface area contributed by atoms with Gasteiger partial charge in [-0.2, -0.15) is 0 Å². The molecule has 0 radical (unpaired) electrons. The van der Waals surface area contributed by atoms with E-state index in [4.69, 9.17) is 0 Å². The van der Waals surface area contributed by atoms with Crippen molar-refractivity contribution in [3.8, 4) is 0 Å². The summed E-state index contributed by atoms with van der Waals surface area (Å²) in [6, 6.07) is 5.03. The molecule has 0 unspecified atom stereocenters. The zero-order valence-corrected chi connectivity index (χ0v) is 17.0. The highest BCUT2D eigenvalue weighted by molar-refractivity contribution is 7.89. The van der Waals surface area contributed by atoms with Gasteiger partial charge < -0.3 is 5.32 Å². The molecule has 1 aromatic carbocycles. The fraction of sp³-hybridized carbons (Fsp3) is 0.650. The van der Waals surface area contributed by atoms with E-state index in [0.717, 1.165) is 43.4 Å². The Hall–Kier alpha value is -1.60. The Morgan fingerprint density at radius 2 is 1.85 bits per heavy atom. The topological polar surface area (TPSA) is 78.5 Å². The summed E-state index contributed by atoms with van der Waals surface area (Å²) in [5.74, 6) is 0. The van der Waals surface area contributed by atoms with Gasteiger partial charge in [0.2, 0.25) is 10.0 Å². The molecule has 0 atom stereocenters. The second kappa shape index (κ2) is 9.06. The van der Waals surface area contributed by atoms with Gasteiger partial charge in [0.15, 0.2) is 0 Å². The summed E-state index contributed by atoms with van der Waals surface area (Å²) in [6.45, 7) is 3.24. The van der Waals surface area contributed by atoms with E-state index in [1.807, 2.05) is 6.92 Å². The van der Waals surface area contributed by atoms with Crippen molar-refractivity contribution in [2.45, 2.75) is 75.6 Å². The first-order valence-corrected chi connectivity index (χ1v) is 11.7.